The van der Waals surface area contributed by atoms with Crippen molar-refractivity contribution < 1.29 is 204 Å². The first-order chi connectivity index (χ1) is 37.1. The third-order valence-corrected chi connectivity index (χ3v) is 13.1. The summed E-state index contributed by atoms with van der Waals surface area (Å²) in [5.41, 5.74) is -2.88. The molecule has 3 heterocycles. The fourth-order valence-corrected chi connectivity index (χ4v) is 8.94. The number of aryl methyl sites for hydroxylation is 1. The number of nitro groups is 1. The molecule has 0 aliphatic carbocycles. The number of azo groups is 2. The average molecular weight is 1340 g/mol. The van der Waals surface area contributed by atoms with Crippen molar-refractivity contribution >= 4 is 139 Å². The van der Waals surface area contributed by atoms with E-state index < -0.39 is 101 Å². The molecule has 423 valence electrons. The number of fused-ring (bicyclic) bond motifs is 2. The summed E-state index contributed by atoms with van der Waals surface area (Å²) in [6, 6.07) is 10.1. The van der Waals surface area contributed by atoms with Gasteiger partial charge in [-0.25, -0.2) is 0 Å². The van der Waals surface area contributed by atoms with Gasteiger partial charge in [0.2, 0.25) is 34.4 Å². The van der Waals surface area contributed by atoms with Crippen molar-refractivity contribution in [1.82, 2.24) is 40.1 Å². The van der Waals surface area contributed by atoms with E-state index in [0.29, 0.717) is 11.8 Å². The molecule has 0 spiro atoms. The molecule has 0 fully saturated rings. The van der Waals surface area contributed by atoms with E-state index in [4.69, 9.17) is 33.4 Å². The van der Waals surface area contributed by atoms with Gasteiger partial charge in [-0.05, 0) is 78.0 Å². The molecule has 8 rings (SSSR count). The number of halogens is 2. The van der Waals surface area contributed by atoms with Crippen LogP contribution >= 0.6 is 23.2 Å². The Morgan fingerprint density at radius 2 is 1.17 bits per heavy atom. The molecule has 0 saturated carbocycles. The van der Waals surface area contributed by atoms with E-state index in [1.165, 1.54) is 25.1 Å². The SMILES string of the molecule is Cc1[nH][nH]c(=O)c1N=Nc1cc(S(=O)(=O)O)cc(Nc2nc(Cl)nc(NCCO)n2)c1[O-].O=[N+]([O-])c1ccc2c(N=Nc3c(S(=O)(=O)O)cc4cc(Nc5nc(Cl)nc(NCCO)n5)ccc4c3O)c(O)cc(S(=O)(=O)O)c2c1.[Co].[Na+].[Na+].[Na+].[Na+]. The smallest absolute Gasteiger partial charge is 0.870 e. The molecule has 0 aliphatic rings. The van der Waals surface area contributed by atoms with E-state index in [9.17, 15) is 69.1 Å². The number of anilines is 6. The van der Waals surface area contributed by atoms with Crippen LogP contribution < -0.4 is 150 Å². The maximum atomic E-state index is 12.8. The third-order valence-electron chi connectivity index (χ3n) is 10.1. The number of hydrogen-bond donors (Lipinski definition) is 13. The Morgan fingerprint density at radius 1 is 0.631 bits per heavy atom. The fraction of sp³-hybridized carbons (Fsp3) is 0.125. The number of nitrogens with zero attached hydrogens (tertiary/aromatic N) is 11. The van der Waals surface area contributed by atoms with Crippen molar-refractivity contribution in [3.8, 4) is 17.2 Å². The monoisotopic (exact) mass is 1340 g/mol. The Kier molecular flexibility index (Phi) is 28.8. The number of H-pyrrole nitrogens is 2. The number of phenols is 2. The summed E-state index contributed by atoms with van der Waals surface area (Å²) < 4.78 is 101. The number of aromatic hydroxyl groups is 2. The number of aliphatic hydroxyl groups excluding tert-OH is 2. The summed E-state index contributed by atoms with van der Waals surface area (Å²) in [5.74, 6) is -2.76. The molecule has 8 aromatic rings. The molecule has 84 heavy (non-hydrogen) atoms. The first kappa shape index (κ1) is 75.7. The summed E-state index contributed by atoms with van der Waals surface area (Å²) in [4.78, 5) is 43.1. The van der Waals surface area contributed by atoms with Crippen molar-refractivity contribution in [3.63, 3.8) is 0 Å². The quantitative estimate of drug-likeness (QED) is 0.0125. The molecule has 0 saturated heterocycles. The number of benzene rings is 5. The van der Waals surface area contributed by atoms with Gasteiger partial charge in [0.1, 0.15) is 26.9 Å². The number of aromatic nitrogens is 8. The number of aliphatic hydroxyl groups is 2. The van der Waals surface area contributed by atoms with Crippen molar-refractivity contribution in [2.75, 3.05) is 47.6 Å². The number of phenolic OH excluding ortho intramolecular Hbond substituents is 2. The molecule has 3 aromatic heterocycles. The summed E-state index contributed by atoms with van der Waals surface area (Å²) in [6.45, 7) is 1.33. The van der Waals surface area contributed by atoms with E-state index in [1.807, 2.05) is 0 Å². The van der Waals surface area contributed by atoms with Crippen LogP contribution in [-0.2, 0) is 47.1 Å². The molecular weight excluding hydrogens is 1310 g/mol. The molecular formula is C40H34Cl2CoN17Na4O17S3+3. The topological polar surface area (TPSA) is 534 Å². The fourth-order valence-electron chi connectivity index (χ4n) is 6.73. The van der Waals surface area contributed by atoms with Crippen LogP contribution in [-0.4, -0.2) is 131 Å². The van der Waals surface area contributed by atoms with Crippen LogP contribution in [0.15, 0.2) is 101 Å². The minimum Gasteiger partial charge on any atom is -0.870 e. The van der Waals surface area contributed by atoms with Crippen molar-refractivity contribution in [1.29, 1.82) is 0 Å². The van der Waals surface area contributed by atoms with Crippen LogP contribution in [0.3, 0.4) is 0 Å². The molecule has 0 amide bonds. The van der Waals surface area contributed by atoms with Gasteiger partial charge in [-0.2, -0.15) is 60.3 Å². The van der Waals surface area contributed by atoms with Gasteiger partial charge < -0.3 is 51.9 Å². The minimum absolute atomic E-state index is 0. The molecule has 44 heteroatoms. The second-order valence-corrected chi connectivity index (χ2v) is 20.4. The molecule has 5 aromatic carbocycles. The Morgan fingerprint density at radius 3 is 1.69 bits per heavy atom. The Hall–Kier alpha value is -4.41. The van der Waals surface area contributed by atoms with E-state index >= 15 is 0 Å². The van der Waals surface area contributed by atoms with E-state index in [-0.39, 0.29) is 229 Å². The maximum absolute atomic E-state index is 12.8. The number of nitro benzene ring substituents is 1. The van der Waals surface area contributed by atoms with Crippen LogP contribution in [0, 0.1) is 17.0 Å². The second-order valence-electron chi connectivity index (χ2n) is 15.5. The third kappa shape index (κ3) is 19.0. The van der Waals surface area contributed by atoms with Crippen LogP contribution in [0.2, 0.25) is 10.6 Å². The molecule has 0 aliphatic heterocycles. The van der Waals surface area contributed by atoms with Gasteiger partial charge in [0, 0.05) is 75.6 Å². The van der Waals surface area contributed by atoms with Crippen molar-refractivity contribution in [2.24, 2.45) is 20.5 Å². The normalized spacial score (nSPS) is 11.3. The number of aromatic amines is 2. The molecule has 13 N–H and O–H groups in total. The molecule has 0 atom stereocenters. The van der Waals surface area contributed by atoms with E-state index in [0.717, 1.165) is 36.4 Å². The Bertz CT molecular complexity index is 4240. The zero-order valence-electron chi connectivity index (χ0n) is 43.5. The van der Waals surface area contributed by atoms with Crippen LogP contribution in [0.4, 0.5) is 63.6 Å². The first-order valence-electron chi connectivity index (χ1n) is 21.3. The minimum atomic E-state index is -5.10. The summed E-state index contributed by atoms with van der Waals surface area (Å²) >= 11 is 11.7. The predicted molar refractivity (Wildman–Crippen MR) is 275 cm³/mol. The maximum Gasteiger partial charge on any atom is 1.00 e. The van der Waals surface area contributed by atoms with Crippen LogP contribution in [0.1, 0.15) is 5.69 Å². The van der Waals surface area contributed by atoms with Gasteiger partial charge in [-0.1, -0.05) is 5.75 Å². The largest absolute Gasteiger partial charge is 1.00 e. The van der Waals surface area contributed by atoms with Gasteiger partial charge in [0.25, 0.3) is 41.6 Å². The Balaban J connectivity index is 0.000000576. The van der Waals surface area contributed by atoms with Gasteiger partial charge in [0.15, 0.2) is 11.4 Å². The molecule has 1 radical (unpaired) electrons. The number of non-ortho nitro benzene ring substituents is 1. The zero-order chi connectivity index (χ0) is 57.7. The van der Waals surface area contributed by atoms with Crippen LogP contribution in [0.25, 0.3) is 21.5 Å². The van der Waals surface area contributed by atoms with Gasteiger partial charge in [0.05, 0.1) is 34.4 Å². The van der Waals surface area contributed by atoms with Crippen molar-refractivity contribution in [3.05, 3.63) is 97.4 Å². The molecule has 0 unspecified atom stereocenters. The van der Waals surface area contributed by atoms with Gasteiger partial charge in [-0.3, -0.25) is 33.7 Å². The number of nitrogens with one attached hydrogen (secondary N) is 6. The first-order valence-corrected chi connectivity index (χ1v) is 26.4. The van der Waals surface area contributed by atoms with E-state index in [1.54, 1.807) is 0 Å². The standard InChI is InChI=1S/C25H19ClN8O11S2.C15H16ClN9O6S.Co.4Na/c26-23-29-24(27-5-6-35)31-25(30-23)28-12-1-3-14-11(7-12)8-19(47(43,44)45)21(22(14)37)33-32-20-15-4-2-13(34(38)39)9-16(15)18(10-17(20)36)46(40,41)42;1-6-10(12(28)25-22-6)24-23-9-5-7(32(29,30)31)4-8(11(9)27)18-15-20-13(16)19-14(21-15)17-2-3-26;;;;;/h1-4,7-10,35-37H,5-6H2,(H,40,41,42)(H,43,44,45)(H2,27,28,29,30,31);4-5,26-27H,2-3H2,1H3,(H2,22,25,28)(H,29,30,31)(H2,17,18,19,20,21);;;;;/q;;;4*+1/p-1. The molecule has 34 nitrogen and oxygen atoms in total. The average Bonchev–Trinajstić information content (AvgIpc) is 2.19. The number of rotatable bonds is 18. The van der Waals surface area contributed by atoms with Crippen molar-refractivity contribution in [2.45, 2.75) is 21.6 Å². The molecule has 0 bridgehead atoms. The van der Waals surface area contributed by atoms with Gasteiger partial charge in [-0.15, -0.1) is 15.3 Å². The van der Waals surface area contributed by atoms with E-state index in [2.05, 4.69) is 81.8 Å². The second kappa shape index (κ2) is 32.0. The summed E-state index contributed by atoms with van der Waals surface area (Å²) in [6.07, 6.45) is 0. The predicted octanol–water partition coefficient (Wildman–Crippen LogP) is -7.05. The number of hydrogen-bond acceptors (Lipinski definition) is 28. The Labute approximate surface area is 580 Å². The zero-order valence-corrected chi connectivity index (χ0v) is 56.6. The van der Waals surface area contributed by atoms with Crippen LogP contribution in [0.5, 0.6) is 17.2 Å². The summed E-state index contributed by atoms with van der Waals surface area (Å²) in [7, 11) is -14.9. The van der Waals surface area contributed by atoms with Gasteiger partial charge >= 0.3 is 118 Å². The summed E-state index contributed by atoms with van der Waals surface area (Å²) in [5, 5.41) is 92.8.